The number of rotatable bonds is 3. The first-order valence-corrected chi connectivity index (χ1v) is 5.31. The molecule has 0 bridgehead atoms. The van der Waals surface area contributed by atoms with Crippen LogP contribution in [0.4, 0.5) is 0 Å². The number of ether oxygens (including phenoxy) is 1. The summed E-state index contributed by atoms with van der Waals surface area (Å²) in [4.78, 5) is 15.4. The van der Waals surface area contributed by atoms with E-state index in [1.165, 1.54) is 7.11 Å². The van der Waals surface area contributed by atoms with Gasteiger partial charge in [0.05, 0.1) is 12.6 Å². The van der Waals surface area contributed by atoms with Crippen LogP contribution in [-0.2, 0) is 16.0 Å². The second-order valence-electron chi connectivity index (χ2n) is 3.73. The molecule has 2 rings (SSSR count). The molecule has 1 aromatic carbocycles. The van der Waals surface area contributed by atoms with E-state index in [0.717, 1.165) is 16.5 Å². The van der Waals surface area contributed by atoms with Crippen molar-refractivity contribution in [2.45, 2.75) is 12.5 Å². The van der Waals surface area contributed by atoms with Crippen molar-refractivity contribution in [2.75, 3.05) is 7.11 Å². The van der Waals surface area contributed by atoms with Gasteiger partial charge >= 0.3 is 5.97 Å². The van der Waals surface area contributed by atoms with E-state index in [1.54, 1.807) is 6.20 Å². The van der Waals surface area contributed by atoms with Crippen molar-refractivity contribution in [3.63, 3.8) is 0 Å². The Morgan fingerprint density at radius 3 is 3.00 bits per heavy atom. The lowest BCUT2D eigenvalue weighted by Crippen LogP contribution is -2.24. The molecule has 1 unspecified atom stereocenters. The predicted octanol–water partition coefficient (Wildman–Crippen LogP) is 1.31. The van der Waals surface area contributed by atoms with Crippen molar-refractivity contribution in [3.8, 4) is 0 Å². The molecule has 1 heterocycles. The predicted molar refractivity (Wildman–Crippen MR) is 63.5 cm³/mol. The number of carbonyl (C=O) groups is 1. The Morgan fingerprint density at radius 2 is 2.24 bits per heavy atom. The molecule has 1 atom stereocenters. The first-order chi connectivity index (χ1) is 8.22. The molecule has 1 aromatic heterocycles. The van der Waals surface area contributed by atoms with Crippen LogP contribution in [-0.4, -0.2) is 29.3 Å². The maximum absolute atomic E-state index is 11.2. The maximum atomic E-state index is 11.2. The van der Waals surface area contributed by atoms with Gasteiger partial charge in [-0.15, -0.1) is 0 Å². The Labute approximate surface area is 98.9 Å². The molecule has 0 spiro atoms. The highest BCUT2D eigenvalue weighted by molar-refractivity contribution is 5.83. The van der Waals surface area contributed by atoms with E-state index >= 15 is 0 Å². The summed E-state index contributed by atoms with van der Waals surface area (Å²) in [5.74, 6) is -0.620. The molecule has 2 aromatic rings. The first kappa shape index (κ1) is 11.5. The minimum atomic E-state index is -1.13. The van der Waals surface area contributed by atoms with E-state index in [9.17, 15) is 9.90 Å². The zero-order valence-corrected chi connectivity index (χ0v) is 9.46. The van der Waals surface area contributed by atoms with Crippen LogP contribution in [0.1, 0.15) is 5.56 Å². The largest absolute Gasteiger partial charge is 0.467 e. The number of esters is 1. The molecular formula is C13H13NO3. The highest BCUT2D eigenvalue weighted by Gasteiger charge is 2.16. The normalized spacial score (nSPS) is 12.4. The lowest BCUT2D eigenvalue weighted by molar-refractivity contribution is -0.150. The quantitative estimate of drug-likeness (QED) is 0.809. The van der Waals surface area contributed by atoms with Crippen LogP contribution in [0.2, 0.25) is 0 Å². The Hall–Kier alpha value is -1.94. The van der Waals surface area contributed by atoms with Gasteiger partial charge in [0, 0.05) is 18.0 Å². The molecule has 0 amide bonds. The number of fused-ring (bicyclic) bond motifs is 1. The van der Waals surface area contributed by atoms with Gasteiger partial charge in [0.2, 0.25) is 0 Å². The van der Waals surface area contributed by atoms with Crippen molar-refractivity contribution in [3.05, 3.63) is 42.1 Å². The maximum Gasteiger partial charge on any atom is 0.335 e. The number of hydrogen-bond acceptors (Lipinski definition) is 4. The van der Waals surface area contributed by atoms with Crippen molar-refractivity contribution >= 4 is 16.9 Å². The van der Waals surface area contributed by atoms with Crippen LogP contribution in [0.25, 0.3) is 10.9 Å². The Balaban J connectivity index is 2.33. The van der Waals surface area contributed by atoms with Crippen LogP contribution in [0, 0.1) is 0 Å². The first-order valence-electron chi connectivity index (χ1n) is 5.31. The number of methoxy groups -OCH3 is 1. The van der Waals surface area contributed by atoms with Gasteiger partial charge < -0.3 is 9.84 Å². The van der Waals surface area contributed by atoms with E-state index in [0.29, 0.717) is 0 Å². The number of aromatic nitrogens is 1. The second-order valence-corrected chi connectivity index (χ2v) is 3.73. The van der Waals surface area contributed by atoms with Gasteiger partial charge in [0.25, 0.3) is 0 Å². The summed E-state index contributed by atoms with van der Waals surface area (Å²) in [6, 6.07) is 9.37. The van der Waals surface area contributed by atoms with Crippen molar-refractivity contribution in [1.29, 1.82) is 0 Å². The number of aliphatic hydroxyl groups is 1. The van der Waals surface area contributed by atoms with Gasteiger partial charge in [0.15, 0.2) is 6.10 Å². The minimum Gasteiger partial charge on any atom is -0.467 e. The third-order valence-electron chi connectivity index (χ3n) is 2.62. The average molecular weight is 231 g/mol. The van der Waals surface area contributed by atoms with Crippen molar-refractivity contribution in [2.24, 2.45) is 0 Å². The standard InChI is InChI=1S/C13H13NO3/c1-17-13(16)12(15)8-9-4-2-6-11-10(9)5-3-7-14-11/h2-7,12,15H,8H2,1H3. The molecular weight excluding hydrogens is 218 g/mol. The summed E-state index contributed by atoms with van der Waals surface area (Å²) in [6.45, 7) is 0. The molecule has 0 aliphatic rings. The molecule has 17 heavy (non-hydrogen) atoms. The second kappa shape index (κ2) is 4.93. The van der Waals surface area contributed by atoms with Crippen LogP contribution < -0.4 is 0 Å². The van der Waals surface area contributed by atoms with Crippen molar-refractivity contribution < 1.29 is 14.6 Å². The topological polar surface area (TPSA) is 59.4 Å². The zero-order chi connectivity index (χ0) is 12.3. The van der Waals surface area contributed by atoms with Gasteiger partial charge in [-0.3, -0.25) is 4.98 Å². The molecule has 88 valence electrons. The smallest absolute Gasteiger partial charge is 0.335 e. The zero-order valence-electron chi connectivity index (χ0n) is 9.46. The van der Waals surface area contributed by atoms with Crippen LogP contribution in [0.15, 0.2) is 36.5 Å². The summed E-state index contributed by atoms with van der Waals surface area (Å²) < 4.78 is 4.49. The molecule has 1 N–H and O–H groups in total. The van der Waals surface area contributed by atoms with Crippen LogP contribution in [0.5, 0.6) is 0 Å². The van der Waals surface area contributed by atoms with Crippen LogP contribution in [0.3, 0.4) is 0 Å². The summed E-state index contributed by atoms with van der Waals surface area (Å²) in [5.41, 5.74) is 1.73. The molecule has 4 heteroatoms. The number of nitrogens with zero attached hydrogens (tertiary/aromatic N) is 1. The fraction of sp³-hybridized carbons (Fsp3) is 0.231. The van der Waals surface area contributed by atoms with Gasteiger partial charge in [0.1, 0.15) is 0 Å². The summed E-state index contributed by atoms with van der Waals surface area (Å²) >= 11 is 0. The van der Waals surface area contributed by atoms with E-state index in [-0.39, 0.29) is 6.42 Å². The number of benzene rings is 1. The Morgan fingerprint density at radius 1 is 1.41 bits per heavy atom. The van der Waals surface area contributed by atoms with Crippen molar-refractivity contribution in [1.82, 2.24) is 4.98 Å². The fourth-order valence-electron chi connectivity index (χ4n) is 1.77. The lowest BCUT2D eigenvalue weighted by Gasteiger charge is -2.10. The number of pyridine rings is 1. The van der Waals surface area contributed by atoms with Gasteiger partial charge in [-0.1, -0.05) is 18.2 Å². The highest BCUT2D eigenvalue weighted by Crippen LogP contribution is 2.18. The Kier molecular flexibility index (Phi) is 3.35. The molecule has 0 radical (unpaired) electrons. The lowest BCUT2D eigenvalue weighted by atomic mass is 10.0. The molecule has 0 saturated heterocycles. The number of carbonyl (C=O) groups excluding carboxylic acids is 1. The van der Waals surface area contributed by atoms with Crippen LogP contribution >= 0.6 is 0 Å². The molecule has 4 nitrogen and oxygen atoms in total. The molecule has 0 fully saturated rings. The summed E-state index contributed by atoms with van der Waals surface area (Å²) in [5, 5.41) is 10.6. The summed E-state index contributed by atoms with van der Waals surface area (Å²) in [6.07, 6.45) is 0.809. The average Bonchev–Trinajstić information content (AvgIpc) is 2.38. The van der Waals surface area contributed by atoms with Gasteiger partial charge in [-0.05, 0) is 17.7 Å². The fourth-order valence-corrected chi connectivity index (χ4v) is 1.77. The minimum absolute atomic E-state index is 0.232. The third-order valence-corrected chi connectivity index (χ3v) is 2.62. The molecule has 0 saturated carbocycles. The third kappa shape index (κ3) is 2.42. The number of aliphatic hydroxyl groups excluding tert-OH is 1. The van der Waals surface area contributed by atoms with E-state index in [1.807, 2.05) is 30.3 Å². The Bertz CT molecular complexity index is 534. The molecule has 0 aliphatic heterocycles. The van der Waals surface area contributed by atoms with Gasteiger partial charge in [-0.25, -0.2) is 4.79 Å². The monoisotopic (exact) mass is 231 g/mol. The van der Waals surface area contributed by atoms with Gasteiger partial charge in [-0.2, -0.15) is 0 Å². The summed E-state index contributed by atoms with van der Waals surface area (Å²) in [7, 11) is 1.26. The highest BCUT2D eigenvalue weighted by atomic mass is 16.5. The number of hydrogen-bond donors (Lipinski definition) is 1. The molecule has 0 aliphatic carbocycles. The van der Waals surface area contributed by atoms with E-state index in [2.05, 4.69) is 9.72 Å². The van der Waals surface area contributed by atoms with E-state index in [4.69, 9.17) is 0 Å². The van der Waals surface area contributed by atoms with E-state index < -0.39 is 12.1 Å². The SMILES string of the molecule is COC(=O)C(O)Cc1cccc2ncccc12.